The fraction of sp³-hybridized carbons (Fsp3) is 0.176. The second-order valence-electron chi connectivity index (χ2n) is 5.05. The van der Waals surface area contributed by atoms with Gasteiger partial charge in [0.2, 0.25) is 0 Å². The van der Waals surface area contributed by atoms with Crippen molar-refractivity contribution in [3.63, 3.8) is 0 Å². The average Bonchev–Trinajstić information content (AvgIpc) is 2.58. The number of benzene rings is 1. The molecule has 0 saturated heterocycles. The molecule has 26 heavy (non-hydrogen) atoms. The van der Waals surface area contributed by atoms with Crippen molar-refractivity contribution in [1.82, 2.24) is 4.98 Å². The molecule has 1 aromatic carbocycles. The second kappa shape index (κ2) is 7.66. The number of nitrogens with one attached hydrogen (secondary N) is 1. The van der Waals surface area contributed by atoms with E-state index in [4.69, 9.17) is 16.3 Å². The minimum absolute atomic E-state index is 0.374. The van der Waals surface area contributed by atoms with Crippen LogP contribution in [0.2, 0.25) is 0 Å². The van der Waals surface area contributed by atoms with Crippen LogP contribution >= 0.6 is 15.9 Å². The van der Waals surface area contributed by atoms with Crippen LogP contribution in [0.5, 0.6) is 5.75 Å². The van der Waals surface area contributed by atoms with Crippen LogP contribution in [0.15, 0.2) is 34.9 Å². The van der Waals surface area contributed by atoms with Gasteiger partial charge in [0.1, 0.15) is 17.6 Å². The number of rotatable bonds is 5. The summed E-state index contributed by atoms with van der Waals surface area (Å²) in [5.74, 6) is 0.630. The standard InChI is InChI=1S/C17H12BrF3N2O3/c1-3-13(11-7-10(18)4-5-14(11)26-2)23-15-12(17(19,20)21)6-9(8-22-15)16(24)25/h1,4-8,13H,2H3,(H,22,23)(H,24,25)/t13-/m0/s1. The van der Waals surface area contributed by atoms with E-state index < -0.39 is 35.1 Å². The van der Waals surface area contributed by atoms with Gasteiger partial charge in [0.25, 0.3) is 0 Å². The smallest absolute Gasteiger partial charge is 0.419 e. The molecule has 0 aliphatic rings. The molecule has 1 atom stereocenters. The van der Waals surface area contributed by atoms with Crippen molar-refractivity contribution >= 4 is 27.7 Å². The average molecular weight is 429 g/mol. The van der Waals surface area contributed by atoms with Crippen LogP contribution in [0.3, 0.4) is 0 Å². The Balaban J connectivity index is 2.51. The summed E-state index contributed by atoms with van der Waals surface area (Å²) in [6.07, 6.45) is 1.48. The van der Waals surface area contributed by atoms with Gasteiger partial charge < -0.3 is 15.2 Å². The van der Waals surface area contributed by atoms with Gasteiger partial charge in [-0.3, -0.25) is 0 Å². The Kier molecular flexibility index (Phi) is 5.77. The summed E-state index contributed by atoms with van der Waals surface area (Å²) in [6, 6.07) is 4.42. The number of terminal acetylenes is 1. The molecule has 0 fully saturated rings. The minimum Gasteiger partial charge on any atom is -0.496 e. The van der Waals surface area contributed by atoms with Crippen molar-refractivity contribution in [2.24, 2.45) is 0 Å². The van der Waals surface area contributed by atoms with Crippen LogP contribution in [-0.2, 0) is 6.18 Å². The van der Waals surface area contributed by atoms with Gasteiger partial charge in [0, 0.05) is 16.2 Å². The van der Waals surface area contributed by atoms with Crippen molar-refractivity contribution in [1.29, 1.82) is 0 Å². The number of hydrogen-bond donors (Lipinski definition) is 2. The summed E-state index contributed by atoms with van der Waals surface area (Å²) >= 11 is 3.27. The van der Waals surface area contributed by atoms with Gasteiger partial charge in [-0.25, -0.2) is 9.78 Å². The summed E-state index contributed by atoms with van der Waals surface area (Å²) in [6.45, 7) is 0. The molecule has 0 aliphatic carbocycles. The highest BCUT2D eigenvalue weighted by molar-refractivity contribution is 9.10. The summed E-state index contributed by atoms with van der Waals surface area (Å²) in [5.41, 5.74) is -1.40. The van der Waals surface area contributed by atoms with Crippen LogP contribution in [0.4, 0.5) is 19.0 Å². The van der Waals surface area contributed by atoms with E-state index in [-0.39, 0.29) is 0 Å². The molecule has 0 unspecified atom stereocenters. The zero-order chi connectivity index (χ0) is 19.5. The van der Waals surface area contributed by atoms with E-state index in [0.717, 1.165) is 6.20 Å². The summed E-state index contributed by atoms with van der Waals surface area (Å²) in [4.78, 5) is 14.5. The third kappa shape index (κ3) is 4.26. The SMILES string of the molecule is C#C[C@H](Nc1ncc(C(=O)O)cc1C(F)(F)F)c1cc(Br)ccc1OC. The van der Waals surface area contributed by atoms with E-state index in [9.17, 15) is 18.0 Å². The molecule has 0 spiro atoms. The number of aromatic nitrogens is 1. The van der Waals surface area contributed by atoms with E-state index in [1.54, 1.807) is 18.2 Å². The van der Waals surface area contributed by atoms with Crippen molar-refractivity contribution in [3.05, 3.63) is 51.6 Å². The van der Waals surface area contributed by atoms with Crippen molar-refractivity contribution in [2.75, 3.05) is 12.4 Å². The maximum Gasteiger partial charge on any atom is 0.419 e. The predicted molar refractivity (Wildman–Crippen MR) is 92.1 cm³/mol. The van der Waals surface area contributed by atoms with E-state index in [2.05, 4.69) is 32.2 Å². The number of carboxylic acids is 1. The highest BCUT2D eigenvalue weighted by atomic mass is 79.9. The number of ether oxygens (including phenoxy) is 1. The molecule has 2 N–H and O–H groups in total. The zero-order valence-corrected chi connectivity index (χ0v) is 14.9. The van der Waals surface area contributed by atoms with Gasteiger partial charge >= 0.3 is 12.1 Å². The van der Waals surface area contributed by atoms with E-state index in [0.29, 0.717) is 21.9 Å². The Labute approximate surface area is 155 Å². The molecule has 0 aliphatic heterocycles. The summed E-state index contributed by atoms with van der Waals surface area (Å²) < 4.78 is 45.7. The van der Waals surface area contributed by atoms with Crippen LogP contribution in [-0.4, -0.2) is 23.2 Å². The van der Waals surface area contributed by atoms with Gasteiger partial charge in [-0.1, -0.05) is 21.9 Å². The van der Waals surface area contributed by atoms with Crippen molar-refractivity contribution in [2.45, 2.75) is 12.2 Å². The number of carboxylic acid groups (broad SMARTS) is 1. The summed E-state index contributed by atoms with van der Waals surface area (Å²) in [7, 11) is 1.40. The van der Waals surface area contributed by atoms with Crippen LogP contribution in [0, 0.1) is 12.3 Å². The maximum atomic E-state index is 13.3. The first-order chi connectivity index (χ1) is 12.2. The normalized spacial score (nSPS) is 12.2. The molecule has 0 bridgehead atoms. The van der Waals surface area contributed by atoms with Crippen LogP contribution < -0.4 is 10.1 Å². The number of anilines is 1. The number of aromatic carboxylic acids is 1. The number of nitrogens with zero attached hydrogens (tertiary/aromatic N) is 1. The monoisotopic (exact) mass is 428 g/mol. The lowest BCUT2D eigenvalue weighted by Gasteiger charge is -2.20. The Hall–Kier alpha value is -2.73. The molecule has 2 aromatic rings. The van der Waals surface area contributed by atoms with Crippen molar-refractivity contribution in [3.8, 4) is 18.1 Å². The fourth-order valence-corrected chi connectivity index (χ4v) is 2.57. The predicted octanol–water partition coefficient (Wildman–Crippen LogP) is 4.36. The molecule has 0 radical (unpaired) electrons. The lowest BCUT2D eigenvalue weighted by atomic mass is 10.1. The maximum absolute atomic E-state index is 13.3. The second-order valence-corrected chi connectivity index (χ2v) is 5.97. The Morgan fingerprint density at radius 1 is 1.42 bits per heavy atom. The summed E-state index contributed by atoms with van der Waals surface area (Å²) in [5, 5.41) is 11.4. The third-order valence-corrected chi connectivity index (χ3v) is 3.88. The molecule has 9 heteroatoms. The Bertz CT molecular complexity index is 879. The number of hydrogen-bond acceptors (Lipinski definition) is 4. The van der Waals surface area contributed by atoms with Gasteiger partial charge in [-0.2, -0.15) is 13.2 Å². The largest absolute Gasteiger partial charge is 0.496 e. The molecule has 0 saturated carbocycles. The van der Waals surface area contributed by atoms with Gasteiger partial charge in [0.15, 0.2) is 0 Å². The number of methoxy groups -OCH3 is 1. The molecule has 2 rings (SSSR count). The minimum atomic E-state index is -4.82. The van der Waals surface area contributed by atoms with Crippen LogP contribution in [0.25, 0.3) is 0 Å². The molecule has 136 valence electrons. The van der Waals surface area contributed by atoms with Crippen molar-refractivity contribution < 1.29 is 27.8 Å². The fourth-order valence-electron chi connectivity index (χ4n) is 2.19. The molecule has 5 nitrogen and oxygen atoms in total. The van der Waals surface area contributed by atoms with Gasteiger partial charge in [0.05, 0.1) is 18.2 Å². The highest BCUT2D eigenvalue weighted by Crippen LogP contribution is 2.37. The number of carbonyl (C=O) groups is 1. The lowest BCUT2D eigenvalue weighted by Crippen LogP contribution is -2.17. The first-order valence-electron chi connectivity index (χ1n) is 7.04. The van der Waals surface area contributed by atoms with Gasteiger partial charge in [-0.15, -0.1) is 6.42 Å². The Morgan fingerprint density at radius 3 is 2.65 bits per heavy atom. The van der Waals surface area contributed by atoms with E-state index in [1.807, 2.05) is 0 Å². The third-order valence-electron chi connectivity index (χ3n) is 3.39. The van der Waals surface area contributed by atoms with Crippen LogP contribution in [0.1, 0.15) is 27.5 Å². The molecular weight excluding hydrogens is 417 g/mol. The topological polar surface area (TPSA) is 71.5 Å². The molecule has 1 aromatic heterocycles. The Morgan fingerprint density at radius 2 is 2.12 bits per heavy atom. The number of halogens is 4. The first kappa shape index (κ1) is 19.6. The quantitative estimate of drug-likeness (QED) is 0.692. The molecule has 0 amide bonds. The number of alkyl halides is 3. The molecular formula is C17H12BrF3N2O3. The highest BCUT2D eigenvalue weighted by Gasteiger charge is 2.36. The number of pyridine rings is 1. The van der Waals surface area contributed by atoms with E-state index in [1.165, 1.54) is 7.11 Å². The van der Waals surface area contributed by atoms with E-state index >= 15 is 0 Å². The molecule has 1 heterocycles. The van der Waals surface area contributed by atoms with Gasteiger partial charge in [-0.05, 0) is 24.3 Å². The first-order valence-corrected chi connectivity index (χ1v) is 7.83. The zero-order valence-electron chi connectivity index (χ0n) is 13.3. The lowest BCUT2D eigenvalue weighted by molar-refractivity contribution is -0.137.